The molecule has 1 fully saturated rings. The second kappa shape index (κ2) is 9.66. The van der Waals surface area contributed by atoms with Crippen molar-refractivity contribution in [2.45, 2.75) is 42.4 Å². The number of carbonyl (C=O) groups is 1. The van der Waals surface area contributed by atoms with Crippen LogP contribution in [0.4, 0.5) is 17.6 Å². The van der Waals surface area contributed by atoms with Crippen LogP contribution in [0.25, 0.3) is 0 Å². The molecular formula is C21H20F4N4OS. The number of carbonyl (C=O) groups excluding carboxylic acids is 1. The molecular weight excluding hydrogens is 432 g/mol. The molecule has 3 rings (SSSR count). The van der Waals surface area contributed by atoms with Gasteiger partial charge in [-0.15, -0.1) is 0 Å². The third-order valence-corrected chi connectivity index (χ3v) is 5.87. The molecule has 1 saturated carbocycles. The molecule has 1 aromatic heterocycles. The smallest absolute Gasteiger partial charge is 0.336 e. The van der Waals surface area contributed by atoms with Crippen molar-refractivity contribution in [3.05, 3.63) is 65.7 Å². The van der Waals surface area contributed by atoms with Crippen LogP contribution in [0, 0.1) is 17.1 Å². The lowest BCUT2D eigenvalue weighted by atomic mass is 10.0. The van der Waals surface area contributed by atoms with E-state index in [9.17, 15) is 27.6 Å². The van der Waals surface area contributed by atoms with Crippen LogP contribution in [-0.4, -0.2) is 34.4 Å². The molecule has 5 nitrogen and oxygen atoms in total. The number of pyridine rings is 1. The van der Waals surface area contributed by atoms with Gasteiger partial charge in [0, 0.05) is 17.7 Å². The van der Waals surface area contributed by atoms with Crippen molar-refractivity contribution in [3.8, 4) is 6.07 Å². The lowest BCUT2D eigenvalue weighted by molar-refractivity contribution is -0.160. The van der Waals surface area contributed by atoms with Crippen molar-refractivity contribution >= 4 is 17.7 Å². The summed E-state index contributed by atoms with van der Waals surface area (Å²) in [6, 6.07) is 7.88. The predicted octanol–water partition coefficient (Wildman–Crippen LogP) is 3.89. The van der Waals surface area contributed by atoms with Crippen LogP contribution < -0.4 is 10.6 Å². The highest BCUT2D eigenvalue weighted by Crippen LogP contribution is 2.36. The summed E-state index contributed by atoms with van der Waals surface area (Å²) in [6.45, 7) is 0. The van der Waals surface area contributed by atoms with Crippen molar-refractivity contribution in [3.63, 3.8) is 0 Å². The minimum absolute atomic E-state index is 0.0255. The monoisotopic (exact) mass is 452 g/mol. The van der Waals surface area contributed by atoms with Gasteiger partial charge in [0.1, 0.15) is 17.4 Å². The first-order valence-corrected chi connectivity index (χ1v) is 10.7. The van der Waals surface area contributed by atoms with Crippen LogP contribution in [0.1, 0.15) is 30.1 Å². The number of halogens is 4. The SMILES string of the molecule is N#CC1(NC(=O)[C@H](CSCc2ccccn2)NC(c2ccc(F)cc2)C(F)(F)F)CC1. The van der Waals surface area contributed by atoms with Crippen molar-refractivity contribution < 1.29 is 22.4 Å². The molecule has 1 heterocycles. The lowest BCUT2D eigenvalue weighted by Crippen LogP contribution is -2.52. The topological polar surface area (TPSA) is 77.8 Å². The summed E-state index contributed by atoms with van der Waals surface area (Å²) >= 11 is 1.25. The Morgan fingerprint density at radius 1 is 1.23 bits per heavy atom. The minimum atomic E-state index is -4.71. The number of thioether (sulfide) groups is 1. The number of hydrogen-bond donors (Lipinski definition) is 2. The summed E-state index contributed by atoms with van der Waals surface area (Å²) in [6.07, 6.45) is -2.18. The summed E-state index contributed by atoms with van der Waals surface area (Å²) < 4.78 is 54.5. The summed E-state index contributed by atoms with van der Waals surface area (Å²) in [5.41, 5.74) is -0.484. The number of rotatable bonds is 9. The van der Waals surface area contributed by atoms with E-state index in [0.29, 0.717) is 18.6 Å². The Labute approximate surface area is 181 Å². The first kappa shape index (κ1) is 23.0. The Balaban J connectivity index is 1.76. The van der Waals surface area contributed by atoms with E-state index in [0.717, 1.165) is 30.0 Å². The first-order valence-electron chi connectivity index (χ1n) is 9.52. The van der Waals surface area contributed by atoms with Gasteiger partial charge >= 0.3 is 6.18 Å². The van der Waals surface area contributed by atoms with Gasteiger partial charge in [-0.3, -0.25) is 15.1 Å². The number of amides is 1. The van der Waals surface area contributed by atoms with Crippen molar-refractivity contribution in [1.82, 2.24) is 15.6 Å². The van der Waals surface area contributed by atoms with Crippen LogP contribution in [0.3, 0.4) is 0 Å². The van der Waals surface area contributed by atoms with E-state index in [-0.39, 0.29) is 11.3 Å². The fourth-order valence-corrected chi connectivity index (χ4v) is 3.89. The van der Waals surface area contributed by atoms with Crippen molar-refractivity contribution in [1.29, 1.82) is 5.26 Å². The first-order chi connectivity index (χ1) is 14.7. The van der Waals surface area contributed by atoms with Gasteiger partial charge in [0.2, 0.25) is 5.91 Å². The molecule has 0 spiro atoms. The second-order valence-corrected chi connectivity index (χ2v) is 8.30. The summed E-state index contributed by atoms with van der Waals surface area (Å²) in [5.74, 6) is -0.904. The second-order valence-electron chi connectivity index (χ2n) is 7.26. The Morgan fingerprint density at radius 2 is 1.94 bits per heavy atom. The Hall–Kier alpha value is -2.64. The molecule has 0 saturated heterocycles. The van der Waals surface area contributed by atoms with E-state index < -0.39 is 35.5 Å². The van der Waals surface area contributed by atoms with Gasteiger partial charge in [0.05, 0.1) is 17.8 Å². The number of benzene rings is 1. The lowest BCUT2D eigenvalue weighted by Gasteiger charge is -2.28. The molecule has 0 bridgehead atoms. The minimum Gasteiger partial charge on any atom is -0.336 e. The number of nitriles is 1. The molecule has 164 valence electrons. The Morgan fingerprint density at radius 3 is 2.48 bits per heavy atom. The normalized spacial score (nSPS) is 16.7. The molecule has 2 N–H and O–H groups in total. The third kappa shape index (κ3) is 6.42. The van der Waals surface area contributed by atoms with Crippen LogP contribution in [-0.2, 0) is 10.5 Å². The number of hydrogen-bond acceptors (Lipinski definition) is 5. The standard InChI is InChI=1S/C21H20F4N4OS/c22-15-6-4-14(5-7-15)18(21(23,24)25)28-17(19(30)29-20(13-26)8-9-20)12-31-11-16-3-1-2-10-27-16/h1-7,10,17-18,28H,8-9,11-12H2,(H,29,30)/t17-,18?/m0/s1. The molecule has 31 heavy (non-hydrogen) atoms. The van der Waals surface area contributed by atoms with E-state index >= 15 is 0 Å². The fraction of sp³-hybridized carbons (Fsp3) is 0.381. The van der Waals surface area contributed by atoms with E-state index in [1.165, 1.54) is 11.8 Å². The van der Waals surface area contributed by atoms with Crippen LogP contribution in [0.2, 0.25) is 0 Å². The molecule has 2 aromatic rings. The number of nitrogens with one attached hydrogen (secondary N) is 2. The number of alkyl halides is 3. The molecule has 1 amide bonds. The zero-order valence-electron chi connectivity index (χ0n) is 16.3. The van der Waals surface area contributed by atoms with Gasteiger partial charge < -0.3 is 5.32 Å². The third-order valence-electron chi connectivity index (χ3n) is 4.80. The van der Waals surface area contributed by atoms with E-state index in [1.807, 2.05) is 6.07 Å². The summed E-state index contributed by atoms with van der Waals surface area (Å²) in [4.78, 5) is 16.9. The van der Waals surface area contributed by atoms with Crippen LogP contribution in [0.5, 0.6) is 0 Å². The molecule has 1 aromatic carbocycles. The molecule has 2 atom stereocenters. The van der Waals surface area contributed by atoms with Crippen LogP contribution >= 0.6 is 11.8 Å². The Bertz CT molecular complexity index is 927. The quantitative estimate of drug-likeness (QED) is 0.565. The van der Waals surface area contributed by atoms with E-state index in [1.54, 1.807) is 24.4 Å². The molecule has 0 radical (unpaired) electrons. The zero-order chi connectivity index (χ0) is 22.5. The van der Waals surface area contributed by atoms with Crippen LogP contribution in [0.15, 0.2) is 48.7 Å². The van der Waals surface area contributed by atoms with Gasteiger partial charge in [-0.05, 0) is 42.7 Å². The maximum absolute atomic E-state index is 13.8. The fourth-order valence-electron chi connectivity index (χ4n) is 2.91. The highest BCUT2D eigenvalue weighted by molar-refractivity contribution is 7.98. The van der Waals surface area contributed by atoms with Gasteiger partial charge in [-0.25, -0.2) is 4.39 Å². The molecule has 1 unspecified atom stereocenters. The van der Waals surface area contributed by atoms with Gasteiger partial charge in [0.15, 0.2) is 0 Å². The average molecular weight is 452 g/mol. The molecule has 1 aliphatic rings. The predicted molar refractivity (Wildman–Crippen MR) is 108 cm³/mol. The Kier molecular flexibility index (Phi) is 7.18. The maximum atomic E-state index is 13.8. The number of aromatic nitrogens is 1. The summed E-state index contributed by atoms with van der Waals surface area (Å²) in [7, 11) is 0. The number of nitrogens with zero attached hydrogens (tertiary/aromatic N) is 2. The van der Waals surface area contributed by atoms with Gasteiger partial charge in [-0.2, -0.15) is 30.2 Å². The molecule has 10 heteroatoms. The van der Waals surface area contributed by atoms with E-state index in [4.69, 9.17) is 0 Å². The average Bonchev–Trinajstić information content (AvgIpc) is 3.51. The summed E-state index contributed by atoms with van der Waals surface area (Å²) in [5, 5.41) is 14.2. The van der Waals surface area contributed by atoms with Gasteiger partial charge in [0.25, 0.3) is 0 Å². The molecule has 0 aliphatic heterocycles. The zero-order valence-corrected chi connectivity index (χ0v) is 17.1. The maximum Gasteiger partial charge on any atom is 0.407 e. The molecule has 1 aliphatic carbocycles. The largest absolute Gasteiger partial charge is 0.407 e. The van der Waals surface area contributed by atoms with E-state index in [2.05, 4.69) is 15.6 Å². The van der Waals surface area contributed by atoms with Crippen molar-refractivity contribution in [2.75, 3.05) is 5.75 Å². The highest BCUT2D eigenvalue weighted by Gasteiger charge is 2.47. The van der Waals surface area contributed by atoms with Crippen molar-refractivity contribution in [2.24, 2.45) is 0 Å². The highest BCUT2D eigenvalue weighted by atomic mass is 32.2. The van der Waals surface area contributed by atoms with Gasteiger partial charge in [-0.1, -0.05) is 18.2 Å².